The van der Waals surface area contributed by atoms with Gasteiger partial charge < -0.3 is 19.0 Å². The van der Waals surface area contributed by atoms with Gasteiger partial charge in [0.05, 0.1) is 11.6 Å². The molecule has 0 aliphatic carbocycles. The van der Waals surface area contributed by atoms with Gasteiger partial charge in [-0.1, -0.05) is 24.3 Å². The molecule has 36 heavy (non-hydrogen) atoms. The molecule has 0 saturated carbocycles. The largest absolute Gasteiger partial charge is 0.462 e. The fourth-order valence-corrected chi connectivity index (χ4v) is 4.37. The number of pyridine rings is 1. The summed E-state index contributed by atoms with van der Waals surface area (Å²) in [6.07, 6.45) is 3.29. The molecule has 2 aromatic carbocycles. The molecule has 0 spiro atoms. The molecular weight excluding hydrogens is 452 g/mol. The van der Waals surface area contributed by atoms with E-state index in [0.717, 1.165) is 46.5 Å². The Balaban J connectivity index is 1.28. The minimum absolute atomic E-state index is 0.251. The van der Waals surface area contributed by atoms with Crippen LogP contribution in [0.25, 0.3) is 33.4 Å². The van der Waals surface area contributed by atoms with Crippen LogP contribution < -0.4 is 4.90 Å². The van der Waals surface area contributed by atoms with Crippen molar-refractivity contribution in [2.75, 3.05) is 31.1 Å². The van der Waals surface area contributed by atoms with Gasteiger partial charge in [0, 0.05) is 49.2 Å². The molecule has 0 radical (unpaired) electrons. The molecule has 0 bridgehead atoms. The summed E-state index contributed by atoms with van der Waals surface area (Å²) in [4.78, 5) is 21.0. The highest BCUT2D eigenvalue weighted by molar-refractivity contribution is 5.92. The van der Waals surface area contributed by atoms with Crippen LogP contribution in [0.1, 0.15) is 26.3 Å². The third-order valence-corrected chi connectivity index (χ3v) is 6.21. The molecule has 7 nitrogen and oxygen atoms in total. The van der Waals surface area contributed by atoms with Crippen LogP contribution in [0.2, 0.25) is 0 Å². The van der Waals surface area contributed by atoms with Crippen LogP contribution in [-0.4, -0.2) is 47.8 Å². The normalized spacial score (nSPS) is 14.1. The molecule has 2 aromatic heterocycles. The number of carbonyl (C=O) groups excluding carboxylic acids is 1. The van der Waals surface area contributed by atoms with Gasteiger partial charge in [-0.2, -0.15) is 5.26 Å². The van der Waals surface area contributed by atoms with Gasteiger partial charge in [0.15, 0.2) is 5.58 Å². The number of hydrogen-bond acceptors (Lipinski definition) is 6. The van der Waals surface area contributed by atoms with Crippen LogP contribution in [0, 0.1) is 11.3 Å². The van der Waals surface area contributed by atoms with E-state index in [1.165, 1.54) is 0 Å². The van der Waals surface area contributed by atoms with Crippen LogP contribution in [0.15, 0.2) is 71.5 Å². The number of hydrogen-bond donors (Lipinski definition) is 0. The van der Waals surface area contributed by atoms with Crippen LogP contribution in [0.4, 0.5) is 10.5 Å². The molecule has 1 fully saturated rings. The van der Waals surface area contributed by atoms with Crippen molar-refractivity contribution in [2.45, 2.75) is 26.4 Å². The third-order valence-electron chi connectivity index (χ3n) is 6.21. The molecule has 182 valence electrons. The van der Waals surface area contributed by atoms with Gasteiger partial charge >= 0.3 is 6.09 Å². The predicted molar refractivity (Wildman–Crippen MR) is 140 cm³/mol. The Morgan fingerprint density at radius 1 is 1.00 bits per heavy atom. The van der Waals surface area contributed by atoms with Gasteiger partial charge in [0.25, 0.3) is 0 Å². The lowest BCUT2D eigenvalue weighted by atomic mass is 10.0. The van der Waals surface area contributed by atoms with Crippen molar-refractivity contribution < 1.29 is 13.9 Å². The number of furan rings is 1. The SMILES string of the molecule is CC(C)(C)OC(=O)N1CCN(c2ccc(-c3cnc4c(-c5cccc(C#N)c5)coc4c3)cc2)CC1. The van der Waals surface area contributed by atoms with E-state index in [4.69, 9.17) is 9.15 Å². The second-order valence-corrected chi connectivity index (χ2v) is 9.91. The van der Waals surface area contributed by atoms with Gasteiger partial charge in [-0.25, -0.2) is 4.79 Å². The average Bonchev–Trinajstić information content (AvgIpc) is 3.31. The Bertz CT molecular complexity index is 1440. The molecule has 0 atom stereocenters. The van der Waals surface area contributed by atoms with Gasteiger partial charge in [-0.15, -0.1) is 0 Å². The summed E-state index contributed by atoms with van der Waals surface area (Å²) in [6, 6.07) is 20.0. The average molecular weight is 481 g/mol. The number of piperazine rings is 1. The smallest absolute Gasteiger partial charge is 0.410 e. The van der Waals surface area contributed by atoms with E-state index < -0.39 is 5.60 Å². The number of aromatic nitrogens is 1. The molecule has 0 N–H and O–H groups in total. The minimum atomic E-state index is -0.485. The van der Waals surface area contributed by atoms with Crippen molar-refractivity contribution in [3.05, 3.63) is 72.6 Å². The molecule has 1 saturated heterocycles. The maximum Gasteiger partial charge on any atom is 0.410 e. The number of benzene rings is 2. The fourth-order valence-electron chi connectivity index (χ4n) is 4.37. The van der Waals surface area contributed by atoms with Crippen LogP contribution in [0.5, 0.6) is 0 Å². The van der Waals surface area contributed by atoms with Gasteiger partial charge in [-0.3, -0.25) is 4.98 Å². The number of amides is 1. The standard InChI is InChI=1S/C29H28N4O3/c1-29(2,3)36-28(34)33-13-11-32(12-14-33)24-9-7-21(8-10-24)23-16-26-27(31-18-23)25(19-35-26)22-6-4-5-20(15-22)17-30/h4-10,15-16,18-19H,11-14H2,1-3H3. The Morgan fingerprint density at radius 2 is 1.75 bits per heavy atom. The Labute approximate surface area is 210 Å². The highest BCUT2D eigenvalue weighted by Gasteiger charge is 2.26. The monoisotopic (exact) mass is 480 g/mol. The van der Waals surface area contributed by atoms with E-state index in [1.807, 2.05) is 51.2 Å². The number of ether oxygens (including phenoxy) is 1. The molecular formula is C29H28N4O3. The van der Waals surface area contributed by atoms with Crippen LogP contribution in [0.3, 0.4) is 0 Å². The van der Waals surface area contributed by atoms with Gasteiger partial charge in [0.2, 0.25) is 0 Å². The summed E-state index contributed by atoms with van der Waals surface area (Å²) < 4.78 is 11.3. The highest BCUT2D eigenvalue weighted by Crippen LogP contribution is 2.32. The highest BCUT2D eigenvalue weighted by atomic mass is 16.6. The Hall–Kier alpha value is -4.31. The molecule has 1 amide bonds. The number of fused-ring (bicyclic) bond motifs is 1. The first-order valence-electron chi connectivity index (χ1n) is 12.0. The van der Waals surface area contributed by atoms with E-state index in [0.29, 0.717) is 24.2 Å². The van der Waals surface area contributed by atoms with Crippen molar-refractivity contribution in [1.82, 2.24) is 9.88 Å². The zero-order valence-electron chi connectivity index (χ0n) is 20.7. The number of rotatable bonds is 3. The Kier molecular flexibility index (Phi) is 6.11. The van der Waals surface area contributed by atoms with Gasteiger partial charge in [0.1, 0.15) is 17.4 Å². The quantitative estimate of drug-likeness (QED) is 0.353. The molecule has 0 unspecified atom stereocenters. The Morgan fingerprint density at radius 3 is 2.44 bits per heavy atom. The minimum Gasteiger partial charge on any atom is -0.462 e. The summed E-state index contributed by atoms with van der Waals surface area (Å²) in [5.41, 5.74) is 6.50. The zero-order chi connectivity index (χ0) is 25.3. The second kappa shape index (κ2) is 9.38. The molecule has 5 rings (SSSR count). The van der Waals surface area contributed by atoms with Crippen LogP contribution in [-0.2, 0) is 4.74 Å². The summed E-state index contributed by atoms with van der Waals surface area (Å²) in [7, 11) is 0. The molecule has 4 aromatic rings. The van der Waals surface area contributed by atoms with E-state index in [9.17, 15) is 10.1 Å². The van der Waals surface area contributed by atoms with Crippen molar-refractivity contribution in [3.63, 3.8) is 0 Å². The predicted octanol–water partition coefficient (Wildman–Crippen LogP) is 6.09. The van der Waals surface area contributed by atoms with E-state index in [1.54, 1.807) is 17.2 Å². The maximum atomic E-state index is 12.3. The summed E-state index contributed by atoms with van der Waals surface area (Å²) in [5.74, 6) is 0. The maximum absolute atomic E-state index is 12.3. The number of carbonyl (C=O) groups is 1. The summed E-state index contributed by atoms with van der Waals surface area (Å²) in [5, 5.41) is 9.20. The fraction of sp³-hybridized carbons (Fsp3) is 0.276. The lowest BCUT2D eigenvalue weighted by Crippen LogP contribution is -2.50. The van der Waals surface area contributed by atoms with E-state index in [-0.39, 0.29) is 6.09 Å². The first-order chi connectivity index (χ1) is 17.3. The summed E-state index contributed by atoms with van der Waals surface area (Å²) >= 11 is 0. The third kappa shape index (κ3) is 4.89. The van der Waals surface area contributed by atoms with E-state index >= 15 is 0 Å². The number of anilines is 1. The summed E-state index contributed by atoms with van der Waals surface area (Å²) in [6.45, 7) is 8.44. The van der Waals surface area contributed by atoms with Crippen molar-refractivity contribution in [2.24, 2.45) is 0 Å². The lowest BCUT2D eigenvalue weighted by Gasteiger charge is -2.36. The van der Waals surface area contributed by atoms with Crippen molar-refractivity contribution >= 4 is 22.9 Å². The number of nitriles is 1. The van der Waals surface area contributed by atoms with Crippen LogP contribution >= 0.6 is 0 Å². The molecule has 1 aliphatic rings. The second-order valence-electron chi connectivity index (χ2n) is 9.91. The van der Waals surface area contributed by atoms with E-state index in [2.05, 4.69) is 40.2 Å². The van der Waals surface area contributed by atoms with Gasteiger partial charge in [-0.05, 0) is 62.2 Å². The van der Waals surface area contributed by atoms with Crippen molar-refractivity contribution in [3.8, 4) is 28.3 Å². The lowest BCUT2D eigenvalue weighted by molar-refractivity contribution is 0.0240. The molecule has 7 heteroatoms. The first kappa shape index (κ1) is 23.4. The number of nitrogens with zero attached hydrogens (tertiary/aromatic N) is 4. The molecule has 1 aliphatic heterocycles. The molecule has 3 heterocycles. The first-order valence-corrected chi connectivity index (χ1v) is 12.0. The topological polar surface area (TPSA) is 82.6 Å². The zero-order valence-corrected chi connectivity index (χ0v) is 20.7. The van der Waals surface area contributed by atoms with Crippen molar-refractivity contribution in [1.29, 1.82) is 5.26 Å².